The van der Waals surface area contributed by atoms with Crippen LogP contribution >= 0.6 is 11.6 Å². The van der Waals surface area contributed by atoms with E-state index in [0.29, 0.717) is 34.7 Å². The second-order valence-electron chi connectivity index (χ2n) is 8.26. The molecule has 6 nitrogen and oxygen atoms in total. The van der Waals surface area contributed by atoms with Crippen LogP contribution in [0.5, 0.6) is 5.75 Å². The Kier molecular flexibility index (Phi) is 4.74. The van der Waals surface area contributed by atoms with Crippen LogP contribution in [0, 0.1) is 5.92 Å². The van der Waals surface area contributed by atoms with Crippen LogP contribution in [0.2, 0.25) is 5.02 Å². The molecule has 2 N–H and O–H groups in total. The summed E-state index contributed by atoms with van der Waals surface area (Å²) in [6.07, 6.45) is 5.05. The molecule has 154 valence electrons. The molecule has 30 heavy (non-hydrogen) atoms. The molecule has 1 fully saturated rings. The minimum Gasteiger partial charge on any atom is -0.507 e. The van der Waals surface area contributed by atoms with E-state index >= 15 is 0 Å². The fourth-order valence-corrected chi connectivity index (χ4v) is 4.84. The molecular weight excluding hydrogens is 402 g/mol. The summed E-state index contributed by atoms with van der Waals surface area (Å²) in [6.45, 7) is 0.896. The Balaban J connectivity index is 1.47. The highest BCUT2D eigenvalue weighted by Crippen LogP contribution is 2.33. The summed E-state index contributed by atoms with van der Waals surface area (Å²) in [5.41, 5.74) is 3.15. The van der Waals surface area contributed by atoms with Crippen LogP contribution in [0.25, 0.3) is 10.9 Å². The normalized spacial score (nSPS) is 16.8. The first-order chi connectivity index (χ1) is 14.5. The third-order valence-electron chi connectivity index (χ3n) is 6.30. The number of nitrogens with one attached hydrogen (secondary N) is 1. The lowest BCUT2D eigenvalue weighted by Crippen LogP contribution is -2.25. The van der Waals surface area contributed by atoms with Crippen LogP contribution < -0.4 is 0 Å². The van der Waals surface area contributed by atoms with Crippen LogP contribution in [0.4, 0.5) is 0 Å². The maximum absolute atomic E-state index is 13.2. The number of aromatic nitrogens is 2. The Hall–Kier alpha value is -2.86. The van der Waals surface area contributed by atoms with E-state index in [9.17, 15) is 14.7 Å². The Morgan fingerprint density at radius 2 is 1.83 bits per heavy atom. The number of ketones is 1. The van der Waals surface area contributed by atoms with E-state index in [0.717, 1.165) is 36.8 Å². The van der Waals surface area contributed by atoms with Crippen molar-refractivity contribution in [3.63, 3.8) is 0 Å². The summed E-state index contributed by atoms with van der Waals surface area (Å²) >= 11 is 6.07. The molecule has 1 amide bonds. The third kappa shape index (κ3) is 3.25. The van der Waals surface area contributed by atoms with Gasteiger partial charge in [0.1, 0.15) is 11.4 Å². The van der Waals surface area contributed by atoms with Crippen molar-refractivity contribution in [2.24, 2.45) is 5.92 Å². The second kappa shape index (κ2) is 7.43. The fraction of sp³-hybridized carbons (Fsp3) is 0.348. The van der Waals surface area contributed by atoms with Crippen molar-refractivity contribution in [3.8, 4) is 5.75 Å². The summed E-state index contributed by atoms with van der Waals surface area (Å²) in [5, 5.41) is 18.8. The number of nitrogens with zero attached hydrogens (tertiary/aromatic N) is 2. The highest BCUT2D eigenvalue weighted by Gasteiger charge is 2.29. The zero-order valence-electron chi connectivity index (χ0n) is 16.4. The standard InChI is InChI=1S/C23H22ClN3O3/c24-16-7-6-14-11-27(12-15(14)8-16)23(30)18-9-17-19(10-20(18)28)25-26-21(17)22(29)13-4-2-1-3-5-13/h6-10,13,28H,1-5,11-12H2,(H,25,26). The predicted octanol–water partition coefficient (Wildman–Crippen LogP) is 4.84. The largest absolute Gasteiger partial charge is 0.507 e. The molecule has 0 radical (unpaired) electrons. The van der Waals surface area contributed by atoms with E-state index in [4.69, 9.17) is 11.6 Å². The monoisotopic (exact) mass is 423 g/mol. The van der Waals surface area contributed by atoms with Gasteiger partial charge in [-0.25, -0.2) is 0 Å². The number of hydrogen-bond donors (Lipinski definition) is 2. The van der Waals surface area contributed by atoms with Gasteiger partial charge in [0.2, 0.25) is 0 Å². The van der Waals surface area contributed by atoms with Crippen molar-refractivity contribution in [1.82, 2.24) is 15.1 Å². The van der Waals surface area contributed by atoms with Crippen molar-refractivity contribution >= 4 is 34.2 Å². The Labute approximate surface area is 178 Å². The predicted molar refractivity (Wildman–Crippen MR) is 114 cm³/mol. The fourth-order valence-electron chi connectivity index (χ4n) is 4.65. The molecule has 0 saturated heterocycles. The van der Waals surface area contributed by atoms with Crippen LogP contribution in [0.3, 0.4) is 0 Å². The number of benzene rings is 2. The molecule has 0 spiro atoms. The van der Waals surface area contributed by atoms with Gasteiger partial charge in [-0.2, -0.15) is 5.10 Å². The van der Waals surface area contributed by atoms with Crippen LogP contribution in [-0.2, 0) is 13.1 Å². The third-order valence-corrected chi connectivity index (χ3v) is 6.53. The number of aromatic amines is 1. The van der Waals surface area contributed by atoms with Crippen molar-refractivity contribution in [1.29, 1.82) is 0 Å². The summed E-state index contributed by atoms with van der Waals surface area (Å²) in [7, 11) is 0. The first kappa shape index (κ1) is 19.1. The number of fused-ring (bicyclic) bond motifs is 2. The lowest BCUT2D eigenvalue weighted by molar-refractivity contribution is 0.0748. The highest BCUT2D eigenvalue weighted by molar-refractivity contribution is 6.30. The number of halogens is 1. The van der Waals surface area contributed by atoms with Gasteiger partial charge in [0.15, 0.2) is 5.78 Å². The van der Waals surface area contributed by atoms with Gasteiger partial charge in [-0.15, -0.1) is 0 Å². The molecule has 0 unspecified atom stereocenters. The Bertz CT molecular complexity index is 1160. The first-order valence-corrected chi connectivity index (χ1v) is 10.7. The summed E-state index contributed by atoms with van der Waals surface area (Å²) < 4.78 is 0. The molecular formula is C23H22ClN3O3. The molecule has 2 aromatic carbocycles. The topological polar surface area (TPSA) is 86.3 Å². The van der Waals surface area contributed by atoms with E-state index in [2.05, 4.69) is 10.2 Å². The smallest absolute Gasteiger partial charge is 0.258 e. The van der Waals surface area contributed by atoms with Crippen molar-refractivity contribution in [2.75, 3.05) is 0 Å². The number of carbonyl (C=O) groups excluding carboxylic acids is 2. The molecule has 2 heterocycles. The SMILES string of the molecule is O=C(c1n[nH]c2cc(O)c(C(=O)N3Cc4ccc(Cl)cc4C3)cc12)C1CCCCC1. The van der Waals surface area contributed by atoms with Gasteiger partial charge in [-0.3, -0.25) is 14.7 Å². The number of carbonyl (C=O) groups is 2. The van der Waals surface area contributed by atoms with E-state index < -0.39 is 0 Å². The summed E-state index contributed by atoms with van der Waals surface area (Å²) in [5.74, 6) is -0.398. The molecule has 1 aliphatic carbocycles. The van der Waals surface area contributed by atoms with Gasteiger partial charge in [0, 0.05) is 35.5 Å². The zero-order valence-corrected chi connectivity index (χ0v) is 17.2. The van der Waals surface area contributed by atoms with E-state index in [1.54, 1.807) is 11.0 Å². The zero-order chi connectivity index (χ0) is 20.8. The van der Waals surface area contributed by atoms with Crippen LogP contribution in [-0.4, -0.2) is 31.9 Å². The van der Waals surface area contributed by atoms with E-state index in [1.165, 1.54) is 12.5 Å². The van der Waals surface area contributed by atoms with Crippen molar-refractivity contribution in [2.45, 2.75) is 45.2 Å². The van der Waals surface area contributed by atoms with E-state index in [-0.39, 0.29) is 28.9 Å². The van der Waals surface area contributed by atoms with Gasteiger partial charge in [-0.05, 0) is 42.2 Å². The Morgan fingerprint density at radius 1 is 1.07 bits per heavy atom. The first-order valence-electron chi connectivity index (χ1n) is 10.3. The number of rotatable bonds is 3. The van der Waals surface area contributed by atoms with Gasteiger partial charge in [0.05, 0.1) is 11.1 Å². The second-order valence-corrected chi connectivity index (χ2v) is 8.70. The molecule has 1 saturated carbocycles. The maximum atomic E-state index is 13.2. The number of hydrogen-bond acceptors (Lipinski definition) is 4. The molecule has 1 aliphatic heterocycles. The van der Waals surface area contributed by atoms with Gasteiger partial charge in [-0.1, -0.05) is 36.9 Å². The quantitative estimate of drug-likeness (QED) is 0.590. The number of phenols is 1. The number of Topliss-reactive ketones (excluding diaryl/α,β-unsaturated/α-hetero) is 1. The number of aromatic hydroxyl groups is 1. The lowest BCUT2D eigenvalue weighted by atomic mass is 9.84. The molecule has 3 aromatic rings. The minimum atomic E-state index is -0.279. The van der Waals surface area contributed by atoms with Crippen LogP contribution in [0.1, 0.15) is 64.1 Å². The summed E-state index contributed by atoms with van der Waals surface area (Å²) in [6, 6.07) is 8.68. The summed E-state index contributed by atoms with van der Waals surface area (Å²) in [4.78, 5) is 27.9. The number of H-pyrrole nitrogens is 1. The van der Waals surface area contributed by atoms with Gasteiger partial charge < -0.3 is 10.0 Å². The molecule has 1 aromatic heterocycles. The van der Waals surface area contributed by atoms with Crippen molar-refractivity contribution in [3.05, 3.63) is 57.7 Å². The van der Waals surface area contributed by atoms with Crippen molar-refractivity contribution < 1.29 is 14.7 Å². The molecule has 2 aliphatic rings. The number of phenolic OH excluding ortho intramolecular Hbond substituents is 1. The molecule has 0 bridgehead atoms. The van der Waals surface area contributed by atoms with Crippen LogP contribution in [0.15, 0.2) is 30.3 Å². The number of amides is 1. The maximum Gasteiger partial charge on any atom is 0.258 e. The van der Waals surface area contributed by atoms with Gasteiger partial charge in [0.25, 0.3) is 5.91 Å². The van der Waals surface area contributed by atoms with E-state index in [1.807, 2.05) is 18.2 Å². The lowest BCUT2D eigenvalue weighted by Gasteiger charge is -2.19. The average molecular weight is 424 g/mol. The molecule has 0 atom stereocenters. The Morgan fingerprint density at radius 3 is 2.63 bits per heavy atom. The van der Waals surface area contributed by atoms with Gasteiger partial charge >= 0.3 is 0 Å². The molecule has 7 heteroatoms. The minimum absolute atomic E-state index is 0.0176. The highest BCUT2D eigenvalue weighted by atomic mass is 35.5. The molecule has 5 rings (SSSR count). The average Bonchev–Trinajstić information content (AvgIpc) is 3.36.